The van der Waals surface area contributed by atoms with E-state index in [4.69, 9.17) is 4.74 Å². The average Bonchev–Trinajstić information content (AvgIpc) is 2.24. The van der Waals surface area contributed by atoms with Crippen molar-refractivity contribution in [2.75, 3.05) is 6.61 Å². The molecule has 5 heteroatoms. The van der Waals surface area contributed by atoms with Crippen molar-refractivity contribution < 1.29 is 22.3 Å². The van der Waals surface area contributed by atoms with Crippen molar-refractivity contribution in [2.45, 2.75) is 39.0 Å². The summed E-state index contributed by atoms with van der Waals surface area (Å²) >= 11 is 0. The van der Waals surface area contributed by atoms with E-state index in [1.54, 1.807) is 13.0 Å². The van der Waals surface area contributed by atoms with Crippen LogP contribution in [0, 0.1) is 0 Å². The SMILES string of the molecule is CCc1ccc(OCC(C)(C)F)c(C(F)(F)F)c1. The highest BCUT2D eigenvalue weighted by Crippen LogP contribution is 2.37. The summed E-state index contributed by atoms with van der Waals surface area (Å²) in [7, 11) is 0. The molecule has 0 spiro atoms. The van der Waals surface area contributed by atoms with E-state index in [9.17, 15) is 17.6 Å². The smallest absolute Gasteiger partial charge is 0.419 e. The van der Waals surface area contributed by atoms with Crippen molar-refractivity contribution in [3.63, 3.8) is 0 Å². The molecule has 0 atom stereocenters. The third kappa shape index (κ3) is 4.20. The van der Waals surface area contributed by atoms with Gasteiger partial charge < -0.3 is 4.74 Å². The molecule has 0 saturated heterocycles. The van der Waals surface area contributed by atoms with Gasteiger partial charge in [-0.15, -0.1) is 0 Å². The lowest BCUT2D eigenvalue weighted by atomic mass is 10.1. The highest BCUT2D eigenvalue weighted by atomic mass is 19.4. The fourth-order valence-electron chi connectivity index (χ4n) is 1.39. The van der Waals surface area contributed by atoms with Crippen LogP contribution in [0.1, 0.15) is 31.9 Å². The van der Waals surface area contributed by atoms with E-state index in [1.165, 1.54) is 19.9 Å². The zero-order chi connectivity index (χ0) is 14.0. The van der Waals surface area contributed by atoms with Crippen molar-refractivity contribution in [3.05, 3.63) is 29.3 Å². The molecule has 0 saturated carbocycles. The van der Waals surface area contributed by atoms with Crippen LogP contribution in [0.4, 0.5) is 17.6 Å². The molecule has 0 aromatic heterocycles. The fraction of sp³-hybridized carbons (Fsp3) is 0.538. The van der Waals surface area contributed by atoms with E-state index in [1.807, 2.05) is 0 Å². The molecule has 0 radical (unpaired) electrons. The van der Waals surface area contributed by atoms with Gasteiger partial charge in [0.1, 0.15) is 18.0 Å². The molecular weight excluding hydrogens is 248 g/mol. The Morgan fingerprint density at radius 2 is 1.72 bits per heavy atom. The second kappa shape index (κ2) is 5.16. The van der Waals surface area contributed by atoms with Crippen LogP contribution in [0.5, 0.6) is 5.75 Å². The maximum absolute atomic E-state index is 13.2. The molecule has 0 aliphatic carbocycles. The Hall–Kier alpha value is -1.26. The van der Waals surface area contributed by atoms with Crippen LogP contribution in [-0.2, 0) is 12.6 Å². The zero-order valence-electron chi connectivity index (χ0n) is 10.6. The lowest BCUT2D eigenvalue weighted by Crippen LogP contribution is -2.23. The van der Waals surface area contributed by atoms with Crippen LogP contribution < -0.4 is 4.74 Å². The number of hydrogen-bond acceptors (Lipinski definition) is 1. The van der Waals surface area contributed by atoms with E-state index >= 15 is 0 Å². The minimum absolute atomic E-state index is 0.328. The predicted octanol–water partition coefficient (Wildman–Crippen LogP) is 4.39. The highest BCUT2D eigenvalue weighted by molar-refractivity contribution is 5.39. The van der Waals surface area contributed by atoms with Gasteiger partial charge in [0.2, 0.25) is 0 Å². The summed E-state index contributed by atoms with van der Waals surface area (Å²) in [5, 5.41) is 0. The van der Waals surface area contributed by atoms with E-state index in [-0.39, 0.29) is 5.75 Å². The topological polar surface area (TPSA) is 9.23 Å². The molecule has 0 heterocycles. The molecule has 1 aromatic rings. The molecule has 102 valence electrons. The summed E-state index contributed by atoms with van der Waals surface area (Å²) in [5.41, 5.74) is -1.97. The van der Waals surface area contributed by atoms with Gasteiger partial charge in [-0.2, -0.15) is 13.2 Å². The first-order valence-corrected chi connectivity index (χ1v) is 5.65. The van der Waals surface area contributed by atoms with Crippen LogP contribution in [0.2, 0.25) is 0 Å². The molecule has 0 aliphatic heterocycles. The number of halogens is 4. The molecule has 0 amide bonds. The van der Waals surface area contributed by atoms with Crippen LogP contribution in [0.25, 0.3) is 0 Å². The third-order valence-electron chi connectivity index (χ3n) is 2.33. The molecule has 0 aliphatic rings. The van der Waals surface area contributed by atoms with Crippen LogP contribution >= 0.6 is 0 Å². The van der Waals surface area contributed by atoms with E-state index in [0.717, 1.165) is 6.07 Å². The maximum atomic E-state index is 13.2. The van der Waals surface area contributed by atoms with Gasteiger partial charge in [-0.05, 0) is 38.0 Å². The van der Waals surface area contributed by atoms with Gasteiger partial charge in [-0.1, -0.05) is 13.0 Å². The third-order valence-corrected chi connectivity index (χ3v) is 2.33. The standard InChI is InChI=1S/C13H16F4O/c1-4-9-5-6-11(18-8-12(2,3)14)10(7-9)13(15,16)17/h5-7H,4,8H2,1-3H3. The Labute approximate surface area is 104 Å². The highest BCUT2D eigenvalue weighted by Gasteiger charge is 2.35. The Bertz CT molecular complexity index is 404. The van der Waals surface area contributed by atoms with Gasteiger partial charge in [0.15, 0.2) is 0 Å². The van der Waals surface area contributed by atoms with Crippen molar-refractivity contribution in [2.24, 2.45) is 0 Å². The molecule has 0 bridgehead atoms. The Kier molecular flexibility index (Phi) is 4.24. The van der Waals surface area contributed by atoms with Crippen LogP contribution in [-0.4, -0.2) is 12.3 Å². The average molecular weight is 264 g/mol. The summed E-state index contributed by atoms with van der Waals surface area (Å²) < 4.78 is 56.6. The number of benzene rings is 1. The second-order valence-electron chi connectivity index (χ2n) is 4.69. The van der Waals surface area contributed by atoms with Gasteiger partial charge in [-0.3, -0.25) is 0 Å². The van der Waals surface area contributed by atoms with Crippen LogP contribution in [0.3, 0.4) is 0 Å². The first-order valence-electron chi connectivity index (χ1n) is 5.65. The first kappa shape index (κ1) is 14.8. The normalized spacial score (nSPS) is 12.6. The molecule has 18 heavy (non-hydrogen) atoms. The monoisotopic (exact) mass is 264 g/mol. The number of aryl methyl sites for hydroxylation is 1. The van der Waals surface area contributed by atoms with E-state index in [2.05, 4.69) is 0 Å². The second-order valence-corrected chi connectivity index (χ2v) is 4.69. The summed E-state index contributed by atoms with van der Waals surface area (Å²) in [6.45, 7) is 3.85. The molecule has 1 nitrogen and oxygen atoms in total. The summed E-state index contributed by atoms with van der Waals surface area (Å²) in [4.78, 5) is 0. The molecule has 0 unspecified atom stereocenters. The molecule has 1 rings (SSSR count). The number of rotatable bonds is 4. The summed E-state index contributed by atoms with van der Waals surface area (Å²) in [6, 6.07) is 3.84. The minimum Gasteiger partial charge on any atom is -0.490 e. The van der Waals surface area contributed by atoms with Gasteiger partial charge >= 0.3 is 6.18 Å². The Morgan fingerprint density at radius 3 is 2.17 bits per heavy atom. The quantitative estimate of drug-likeness (QED) is 0.733. The van der Waals surface area contributed by atoms with Crippen molar-refractivity contribution >= 4 is 0 Å². The number of alkyl halides is 4. The van der Waals surface area contributed by atoms with E-state index in [0.29, 0.717) is 12.0 Å². The van der Waals surface area contributed by atoms with Gasteiger partial charge in [0, 0.05) is 0 Å². The Balaban J connectivity index is 3.03. The van der Waals surface area contributed by atoms with Crippen molar-refractivity contribution in [1.29, 1.82) is 0 Å². The Morgan fingerprint density at radius 1 is 1.11 bits per heavy atom. The molecular formula is C13H16F4O. The maximum Gasteiger partial charge on any atom is 0.419 e. The van der Waals surface area contributed by atoms with Gasteiger partial charge in [-0.25, -0.2) is 4.39 Å². The van der Waals surface area contributed by atoms with Crippen LogP contribution in [0.15, 0.2) is 18.2 Å². The lowest BCUT2D eigenvalue weighted by Gasteiger charge is -2.19. The molecule has 0 N–H and O–H groups in total. The minimum atomic E-state index is -4.50. The lowest BCUT2D eigenvalue weighted by molar-refractivity contribution is -0.139. The predicted molar refractivity (Wildman–Crippen MR) is 61.5 cm³/mol. The van der Waals surface area contributed by atoms with Gasteiger partial charge in [0.05, 0.1) is 5.56 Å². The number of hydrogen-bond donors (Lipinski definition) is 0. The van der Waals surface area contributed by atoms with Crippen molar-refractivity contribution in [1.82, 2.24) is 0 Å². The fourth-order valence-corrected chi connectivity index (χ4v) is 1.39. The largest absolute Gasteiger partial charge is 0.490 e. The molecule has 0 fully saturated rings. The summed E-state index contributed by atoms with van der Waals surface area (Å²) in [6.07, 6.45) is -4.00. The van der Waals surface area contributed by atoms with Gasteiger partial charge in [0.25, 0.3) is 0 Å². The summed E-state index contributed by atoms with van der Waals surface area (Å²) in [5.74, 6) is -0.328. The molecule has 1 aromatic carbocycles. The zero-order valence-corrected chi connectivity index (χ0v) is 10.6. The number of ether oxygens (including phenoxy) is 1. The van der Waals surface area contributed by atoms with E-state index < -0.39 is 24.0 Å². The first-order chi connectivity index (χ1) is 8.13. The van der Waals surface area contributed by atoms with Crippen molar-refractivity contribution in [3.8, 4) is 5.75 Å².